The van der Waals surface area contributed by atoms with Crippen LogP contribution in [0.3, 0.4) is 0 Å². The number of halogens is 4. The summed E-state index contributed by atoms with van der Waals surface area (Å²) in [5.74, 6) is 2.88. The Morgan fingerprint density at radius 3 is 2.50 bits per heavy atom. The maximum atomic E-state index is 13.4. The number of hydrogen-bond acceptors (Lipinski definition) is 4. The van der Waals surface area contributed by atoms with Crippen LogP contribution in [-0.4, -0.2) is 29.3 Å². The van der Waals surface area contributed by atoms with Gasteiger partial charge in [-0.1, -0.05) is 12.1 Å². The molecule has 30 heavy (non-hydrogen) atoms. The molecule has 3 heterocycles. The lowest BCUT2D eigenvalue weighted by Gasteiger charge is -2.37. The predicted octanol–water partition coefficient (Wildman–Crippen LogP) is 5.29. The second-order valence-electron chi connectivity index (χ2n) is 6.99. The summed E-state index contributed by atoms with van der Waals surface area (Å²) < 4.78 is 46.0. The Balaban J connectivity index is 0.00000128. The summed E-state index contributed by atoms with van der Waals surface area (Å²) >= 11 is 0. The second kappa shape index (κ2) is 8.20. The number of nitrogens with zero attached hydrogens (tertiary/aromatic N) is 3. The molecule has 2 N–H and O–H groups in total. The number of para-hydroxylation sites is 2. The normalized spacial score (nSPS) is 17.2. The fraction of sp³-hybridized carbons (Fsp3) is 0.286. The molecule has 2 aromatic carbocycles. The Morgan fingerprint density at radius 1 is 1.00 bits per heavy atom. The van der Waals surface area contributed by atoms with Gasteiger partial charge >= 0.3 is 6.18 Å². The number of alkyl halides is 3. The lowest BCUT2D eigenvalue weighted by molar-refractivity contribution is -0.137. The van der Waals surface area contributed by atoms with Gasteiger partial charge in [-0.15, -0.1) is 12.4 Å². The Bertz CT molecular complexity index is 1010. The first-order chi connectivity index (χ1) is 13.5. The van der Waals surface area contributed by atoms with Crippen LogP contribution < -0.4 is 9.64 Å². The van der Waals surface area contributed by atoms with Crippen LogP contribution in [0, 0.1) is 0 Å². The molecule has 0 fully saturated rings. The van der Waals surface area contributed by atoms with Gasteiger partial charge in [0.15, 0.2) is 11.5 Å². The number of aliphatic imine (C=N–C) groups is 1. The fourth-order valence-electron chi connectivity index (χ4n) is 3.94. The van der Waals surface area contributed by atoms with Gasteiger partial charge in [0.1, 0.15) is 11.7 Å². The van der Waals surface area contributed by atoms with Gasteiger partial charge in [-0.05, 0) is 49.2 Å². The van der Waals surface area contributed by atoms with E-state index in [1.807, 2.05) is 29.2 Å². The average Bonchev–Trinajstić information content (AvgIpc) is 3.36. The first-order valence-electron chi connectivity index (χ1n) is 9.32. The van der Waals surface area contributed by atoms with Crippen LogP contribution in [0.5, 0.6) is 11.5 Å². The fourth-order valence-corrected chi connectivity index (χ4v) is 3.94. The van der Waals surface area contributed by atoms with Crippen LogP contribution in [0.15, 0.2) is 59.4 Å². The third kappa shape index (κ3) is 3.61. The van der Waals surface area contributed by atoms with Crippen molar-refractivity contribution in [2.75, 3.05) is 18.0 Å². The van der Waals surface area contributed by atoms with Crippen LogP contribution in [-0.2, 0) is 6.18 Å². The van der Waals surface area contributed by atoms with E-state index in [4.69, 9.17) is 4.74 Å². The smallest absolute Gasteiger partial charge is 0.416 e. The van der Waals surface area contributed by atoms with Crippen LogP contribution >= 0.6 is 12.4 Å². The highest BCUT2D eigenvalue weighted by atomic mass is 35.5. The van der Waals surface area contributed by atoms with E-state index < -0.39 is 11.7 Å². The van der Waals surface area contributed by atoms with Crippen molar-refractivity contribution in [1.82, 2.24) is 4.90 Å². The summed E-state index contributed by atoms with van der Waals surface area (Å²) in [5.41, 5.74) is 0.430. The first-order valence-corrected chi connectivity index (χ1v) is 9.32. The SMILES string of the molecule is Cl.FC(F)(F)c1ccc2c(c1)N(C1=CCCN1C1=NCCC1)c1ccccc1O2.O. The molecule has 0 radical (unpaired) electrons. The lowest BCUT2D eigenvalue weighted by Crippen LogP contribution is -2.35. The molecule has 0 spiro atoms. The lowest BCUT2D eigenvalue weighted by atomic mass is 10.1. The van der Waals surface area contributed by atoms with Gasteiger partial charge in [0, 0.05) is 19.5 Å². The molecular formula is C21H21ClF3N3O2. The van der Waals surface area contributed by atoms with E-state index in [-0.39, 0.29) is 17.9 Å². The summed E-state index contributed by atoms with van der Waals surface area (Å²) in [7, 11) is 0. The number of ether oxygens (including phenoxy) is 1. The molecule has 0 amide bonds. The summed E-state index contributed by atoms with van der Waals surface area (Å²) in [5, 5.41) is 0. The number of rotatable bonds is 1. The highest BCUT2D eigenvalue weighted by Crippen LogP contribution is 2.51. The van der Waals surface area contributed by atoms with Crippen LogP contribution in [0.25, 0.3) is 0 Å². The van der Waals surface area contributed by atoms with Gasteiger partial charge in [0.25, 0.3) is 0 Å². The minimum absolute atomic E-state index is 0. The largest absolute Gasteiger partial charge is 0.453 e. The van der Waals surface area contributed by atoms with Crippen molar-refractivity contribution in [2.24, 2.45) is 4.99 Å². The van der Waals surface area contributed by atoms with Gasteiger partial charge in [-0.3, -0.25) is 9.89 Å². The number of anilines is 2. The van der Waals surface area contributed by atoms with E-state index in [1.54, 1.807) is 0 Å². The average molecular weight is 440 g/mol. The number of fused-ring (bicyclic) bond motifs is 2. The predicted molar refractivity (Wildman–Crippen MR) is 112 cm³/mol. The quantitative estimate of drug-likeness (QED) is 0.607. The van der Waals surface area contributed by atoms with Gasteiger partial charge in [-0.2, -0.15) is 13.2 Å². The Kier molecular flexibility index (Phi) is 6.01. The molecule has 0 aliphatic carbocycles. The molecule has 0 saturated heterocycles. The molecule has 0 saturated carbocycles. The Morgan fingerprint density at radius 2 is 1.77 bits per heavy atom. The Hall–Kier alpha value is -2.71. The topological polar surface area (TPSA) is 59.6 Å². The van der Waals surface area contributed by atoms with E-state index in [9.17, 15) is 13.2 Å². The van der Waals surface area contributed by atoms with E-state index >= 15 is 0 Å². The third-order valence-corrected chi connectivity index (χ3v) is 5.20. The second-order valence-corrected chi connectivity index (χ2v) is 6.99. The molecule has 5 rings (SSSR count). The zero-order valence-corrected chi connectivity index (χ0v) is 16.8. The van der Waals surface area contributed by atoms with E-state index in [1.165, 1.54) is 12.1 Å². The minimum Gasteiger partial charge on any atom is -0.453 e. The van der Waals surface area contributed by atoms with Crippen LogP contribution in [0.1, 0.15) is 24.8 Å². The molecule has 0 aromatic heterocycles. The maximum absolute atomic E-state index is 13.4. The number of benzene rings is 2. The van der Waals surface area contributed by atoms with Crippen molar-refractivity contribution in [3.05, 3.63) is 59.9 Å². The monoisotopic (exact) mass is 439 g/mol. The summed E-state index contributed by atoms with van der Waals surface area (Å²) in [6.45, 7) is 1.58. The molecule has 9 heteroatoms. The van der Waals surface area contributed by atoms with Gasteiger partial charge in [-0.25, -0.2) is 0 Å². The zero-order valence-electron chi connectivity index (χ0n) is 15.9. The molecular weight excluding hydrogens is 419 g/mol. The summed E-state index contributed by atoms with van der Waals surface area (Å²) in [6.07, 6.45) is 0.360. The molecule has 3 aliphatic rings. The van der Waals surface area contributed by atoms with Gasteiger partial charge in [0.05, 0.1) is 16.9 Å². The van der Waals surface area contributed by atoms with Crippen LogP contribution in [0.4, 0.5) is 24.5 Å². The van der Waals surface area contributed by atoms with E-state index in [0.717, 1.165) is 55.8 Å². The molecule has 2 aromatic rings. The molecule has 3 aliphatic heterocycles. The molecule has 0 atom stereocenters. The van der Waals surface area contributed by atoms with E-state index in [2.05, 4.69) is 16.0 Å². The van der Waals surface area contributed by atoms with Crippen molar-refractivity contribution in [3.63, 3.8) is 0 Å². The van der Waals surface area contributed by atoms with Crippen molar-refractivity contribution < 1.29 is 23.4 Å². The minimum atomic E-state index is -4.42. The van der Waals surface area contributed by atoms with Crippen molar-refractivity contribution in [3.8, 4) is 11.5 Å². The standard InChI is InChI=1S/C21H18F3N3O.ClH.H2O/c22-21(23,24)14-9-10-18-16(13-14)27(15-5-1-2-6-17(15)28-18)20-8-4-12-26(20)19-7-3-11-25-19;;/h1-2,5-6,8-10,13H,3-4,7,11-12H2;1H;1H2. The van der Waals surface area contributed by atoms with Crippen LogP contribution in [0.2, 0.25) is 0 Å². The van der Waals surface area contributed by atoms with E-state index in [0.29, 0.717) is 17.2 Å². The van der Waals surface area contributed by atoms with Crippen molar-refractivity contribution in [1.29, 1.82) is 0 Å². The highest BCUT2D eigenvalue weighted by Gasteiger charge is 2.37. The third-order valence-electron chi connectivity index (χ3n) is 5.20. The summed E-state index contributed by atoms with van der Waals surface area (Å²) in [4.78, 5) is 8.59. The molecule has 160 valence electrons. The van der Waals surface area contributed by atoms with Crippen molar-refractivity contribution in [2.45, 2.75) is 25.4 Å². The summed E-state index contributed by atoms with van der Waals surface area (Å²) in [6, 6.07) is 11.0. The molecule has 5 nitrogen and oxygen atoms in total. The van der Waals surface area contributed by atoms with Gasteiger partial charge < -0.3 is 15.1 Å². The first kappa shape index (κ1) is 22.0. The maximum Gasteiger partial charge on any atom is 0.416 e. The molecule has 0 bridgehead atoms. The zero-order chi connectivity index (χ0) is 19.3. The molecule has 0 unspecified atom stereocenters. The number of amidine groups is 1. The Labute approximate surface area is 178 Å². The van der Waals surface area contributed by atoms with Crippen molar-refractivity contribution >= 4 is 29.6 Å². The number of hydrogen-bond donors (Lipinski definition) is 0. The highest BCUT2D eigenvalue weighted by molar-refractivity contribution is 5.89. The van der Waals surface area contributed by atoms with Gasteiger partial charge in [0.2, 0.25) is 0 Å².